The van der Waals surface area contributed by atoms with E-state index in [0.717, 1.165) is 0 Å². The number of primary amides is 1. The zero-order chi connectivity index (χ0) is 9.07. The first-order chi connectivity index (χ1) is 4.92. The molecule has 4 nitrogen and oxygen atoms in total. The number of hydrogen-bond donors (Lipinski definition) is 3. The molecule has 0 aliphatic carbocycles. The number of carbonyl (C=O) groups is 1. The SMILES string of the molecule is CC(C)C(C)(CO)NC(N)=O. The minimum Gasteiger partial charge on any atom is -0.394 e. The summed E-state index contributed by atoms with van der Waals surface area (Å²) in [5.74, 6) is 0.153. The van der Waals surface area contributed by atoms with Gasteiger partial charge in [0.1, 0.15) is 0 Å². The molecule has 0 aromatic carbocycles. The van der Waals surface area contributed by atoms with Gasteiger partial charge in [0, 0.05) is 0 Å². The molecule has 0 aliphatic heterocycles. The Morgan fingerprint density at radius 2 is 2.18 bits per heavy atom. The van der Waals surface area contributed by atoms with E-state index in [1.807, 2.05) is 13.8 Å². The molecule has 1 unspecified atom stereocenters. The van der Waals surface area contributed by atoms with Gasteiger partial charge in [0.25, 0.3) is 0 Å². The third kappa shape index (κ3) is 2.76. The molecule has 4 heteroatoms. The first kappa shape index (κ1) is 10.2. The van der Waals surface area contributed by atoms with Crippen LogP contribution in [0.5, 0.6) is 0 Å². The van der Waals surface area contributed by atoms with E-state index in [9.17, 15) is 4.79 Å². The van der Waals surface area contributed by atoms with Crippen molar-refractivity contribution in [3.8, 4) is 0 Å². The molecule has 0 aromatic rings. The second-order valence-electron chi connectivity index (χ2n) is 3.22. The van der Waals surface area contributed by atoms with Gasteiger partial charge in [-0.3, -0.25) is 0 Å². The number of nitrogens with two attached hydrogens (primary N) is 1. The maximum absolute atomic E-state index is 10.5. The zero-order valence-corrected chi connectivity index (χ0v) is 7.22. The van der Waals surface area contributed by atoms with Crippen molar-refractivity contribution in [1.29, 1.82) is 0 Å². The largest absolute Gasteiger partial charge is 0.394 e. The van der Waals surface area contributed by atoms with Gasteiger partial charge in [-0.05, 0) is 12.8 Å². The van der Waals surface area contributed by atoms with Crippen LogP contribution in [0.2, 0.25) is 0 Å². The second-order valence-corrected chi connectivity index (χ2v) is 3.22. The molecule has 0 saturated carbocycles. The number of hydrogen-bond acceptors (Lipinski definition) is 2. The minimum atomic E-state index is -0.605. The Balaban J connectivity index is 4.22. The van der Waals surface area contributed by atoms with E-state index in [-0.39, 0.29) is 12.5 Å². The Hall–Kier alpha value is -0.770. The van der Waals surface area contributed by atoms with Gasteiger partial charge in [-0.2, -0.15) is 0 Å². The molecule has 66 valence electrons. The Labute approximate surface area is 66.8 Å². The highest BCUT2D eigenvalue weighted by Crippen LogP contribution is 2.14. The minimum absolute atomic E-state index is 0.104. The Morgan fingerprint density at radius 1 is 1.73 bits per heavy atom. The van der Waals surface area contributed by atoms with Gasteiger partial charge in [0.15, 0.2) is 0 Å². The van der Waals surface area contributed by atoms with Crippen LogP contribution in [0.4, 0.5) is 4.79 Å². The van der Waals surface area contributed by atoms with Gasteiger partial charge in [0.05, 0.1) is 12.1 Å². The summed E-state index contributed by atoms with van der Waals surface area (Å²) in [6, 6.07) is -0.602. The Morgan fingerprint density at radius 3 is 2.27 bits per heavy atom. The molecule has 0 rings (SSSR count). The summed E-state index contributed by atoms with van der Waals surface area (Å²) >= 11 is 0. The predicted octanol–water partition coefficient (Wildman–Crippen LogP) is 0.0617. The van der Waals surface area contributed by atoms with Gasteiger partial charge < -0.3 is 16.2 Å². The van der Waals surface area contributed by atoms with Crippen LogP contribution in [0, 0.1) is 5.92 Å². The van der Waals surface area contributed by atoms with Crippen molar-refractivity contribution in [1.82, 2.24) is 5.32 Å². The van der Waals surface area contributed by atoms with Crippen molar-refractivity contribution >= 4 is 6.03 Å². The van der Waals surface area contributed by atoms with Gasteiger partial charge in [0.2, 0.25) is 0 Å². The van der Waals surface area contributed by atoms with Crippen molar-refractivity contribution in [3.63, 3.8) is 0 Å². The monoisotopic (exact) mass is 160 g/mol. The maximum atomic E-state index is 10.5. The summed E-state index contributed by atoms with van der Waals surface area (Å²) in [7, 11) is 0. The number of amides is 2. The van der Waals surface area contributed by atoms with Crippen LogP contribution in [0.3, 0.4) is 0 Å². The molecule has 0 aromatic heterocycles. The average Bonchev–Trinajstić information content (AvgIpc) is 1.86. The standard InChI is InChI=1S/C7H16N2O2/c1-5(2)7(3,4-10)9-6(8)11/h5,10H,4H2,1-3H3,(H3,8,9,11). The number of urea groups is 1. The zero-order valence-electron chi connectivity index (χ0n) is 7.22. The van der Waals surface area contributed by atoms with Crippen molar-refractivity contribution in [2.45, 2.75) is 26.3 Å². The van der Waals surface area contributed by atoms with Crippen molar-refractivity contribution in [2.75, 3.05) is 6.61 Å². The molecule has 0 bridgehead atoms. The maximum Gasteiger partial charge on any atom is 0.312 e. The molecule has 0 radical (unpaired) electrons. The molecule has 0 spiro atoms. The molecule has 0 fully saturated rings. The fourth-order valence-electron chi connectivity index (χ4n) is 0.648. The average molecular weight is 160 g/mol. The predicted molar refractivity (Wildman–Crippen MR) is 43.0 cm³/mol. The van der Waals surface area contributed by atoms with E-state index in [1.165, 1.54) is 0 Å². The molecule has 1 atom stereocenters. The fourth-order valence-corrected chi connectivity index (χ4v) is 0.648. The fraction of sp³-hybridized carbons (Fsp3) is 0.857. The van der Waals surface area contributed by atoms with Crippen LogP contribution in [0.25, 0.3) is 0 Å². The summed E-state index contributed by atoms with van der Waals surface area (Å²) in [6.45, 7) is 5.47. The highest BCUT2D eigenvalue weighted by molar-refractivity contribution is 5.72. The van der Waals surface area contributed by atoms with Crippen molar-refractivity contribution < 1.29 is 9.90 Å². The summed E-state index contributed by atoms with van der Waals surface area (Å²) < 4.78 is 0. The lowest BCUT2D eigenvalue weighted by Crippen LogP contribution is -2.54. The van der Waals surface area contributed by atoms with Crippen LogP contribution in [-0.4, -0.2) is 23.3 Å². The van der Waals surface area contributed by atoms with Gasteiger partial charge in [-0.1, -0.05) is 13.8 Å². The summed E-state index contributed by atoms with van der Waals surface area (Å²) in [6.07, 6.45) is 0. The highest BCUT2D eigenvalue weighted by atomic mass is 16.3. The van der Waals surface area contributed by atoms with E-state index in [0.29, 0.717) is 0 Å². The quantitative estimate of drug-likeness (QED) is 0.546. The van der Waals surface area contributed by atoms with Crippen LogP contribution in [0.15, 0.2) is 0 Å². The van der Waals surface area contributed by atoms with Gasteiger partial charge >= 0.3 is 6.03 Å². The van der Waals surface area contributed by atoms with Crippen molar-refractivity contribution in [3.05, 3.63) is 0 Å². The molecule has 0 saturated heterocycles. The van der Waals surface area contributed by atoms with E-state index in [1.54, 1.807) is 6.92 Å². The first-order valence-electron chi connectivity index (χ1n) is 3.61. The lowest BCUT2D eigenvalue weighted by molar-refractivity contribution is 0.138. The number of rotatable bonds is 3. The Bertz CT molecular complexity index is 147. The molecular formula is C7H16N2O2. The highest BCUT2D eigenvalue weighted by Gasteiger charge is 2.28. The van der Waals surface area contributed by atoms with E-state index >= 15 is 0 Å². The smallest absolute Gasteiger partial charge is 0.312 e. The Kier molecular flexibility index (Phi) is 3.32. The van der Waals surface area contributed by atoms with E-state index in [2.05, 4.69) is 5.32 Å². The second kappa shape index (κ2) is 3.57. The topological polar surface area (TPSA) is 75.3 Å². The van der Waals surface area contributed by atoms with Gasteiger partial charge in [-0.25, -0.2) is 4.79 Å². The molecule has 2 amide bonds. The third-order valence-electron chi connectivity index (χ3n) is 2.01. The molecular weight excluding hydrogens is 144 g/mol. The lowest BCUT2D eigenvalue weighted by Gasteiger charge is -2.31. The number of nitrogens with one attached hydrogen (secondary N) is 1. The lowest BCUT2D eigenvalue weighted by atomic mass is 9.89. The van der Waals surface area contributed by atoms with Crippen LogP contribution >= 0.6 is 0 Å². The molecule has 0 aliphatic rings. The number of carbonyl (C=O) groups excluding carboxylic acids is 1. The van der Waals surface area contributed by atoms with E-state index < -0.39 is 11.6 Å². The van der Waals surface area contributed by atoms with Crippen LogP contribution < -0.4 is 11.1 Å². The normalized spacial score (nSPS) is 16.1. The summed E-state index contributed by atoms with van der Waals surface area (Å²) in [5.41, 5.74) is 4.33. The van der Waals surface area contributed by atoms with E-state index in [4.69, 9.17) is 10.8 Å². The molecule has 4 N–H and O–H groups in total. The molecule has 11 heavy (non-hydrogen) atoms. The van der Waals surface area contributed by atoms with Crippen LogP contribution in [0.1, 0.15) is 20.8 Å². The number of aliphatic hydroxyl groups excluding tert-OH is 1. The van der Waals surface area contributed by atoms with Crippen molar-refractivity contribution in [2.24, 2.45) is 11.7 Å². The number of aliphatic hydroxyl groups is 1. The molecule has 0 heterocycles. The third-order valence-corrected chi connectivity index (χ3v) is 2.01. The summed E-state index contributed by atoms with van der Waals surface area (Å²) in [4.78, 5) is 10.5. The van der Waals surface area contributed by atoms with Crippen LogP contribution in [-0.2, 0) is 0 Å². The van der Waals surface area contributed by atoms with Gasteiger partial charge in [-0.15, -0.1) is 0 Å². The first-order valence-corrected chi connectivity index (χ1v) is 3.61. The summed E-state index contributed by atoms with van der Waals surface area (Å²) in [5, 5.41) is 11.4.